The van der Waals surface area contributed by atoms with Gasteiger partial charge in [-0.2, -0.15) is 0 Å². The van der Waals surface area contributed by atoms with Crippen LogP contribution in [0.3, 0.4) is 0 Å². The van der Waals surface area contributed by atoms with Gasteiger partial charge in [0.25, 0.3) is 0 Å². The molecule has 0 aromatic carbocycles. The largest absolute Gasteiger partial charge is 0.480 e. The van der Waals surface area contributed by atoms with Crippen LogP contribution in [0.15, 0.2) is 0 Å². The van der Waals surface area contributed by atoms with Gasteiger partial charge in [-0.1, -0.05) is 0 Å². The third-order valence-electron chi connectivity index (χ3n) is 1.05. The minimum Gasteiger partial charge on any atom is -0.480 e. The zero-order valence-electron chi connectivity index (χ0n) is 6.46. The van der Waals surface area contributed by atoms with Crippen molar-refractivity contribution >= 4 is 30.8 Å². The van der Waals surface area contributed by atoms with E-state index in [1.54, 1.807) is 14.1 Å². The van der Waals surface area contributed by atoms with Gasteiger partial charge in [0.1, 0.15) is 6.04 Å². The Hall–Kier alpha value is -0.0300. The number of aliphatic carboxylic acids is 1. The van der Waals surface area contributed by atoms with Gasteiger partial charge in [0.15, 0.2) is 0 Å². The van der Waals surface area contributed by atoms with Crippen molar-refractivity contribution in [1.29, 1.82) is 0 Å². The summed E-state index contributed by atoms with van der Waals surface area (Å²) in [5, 5.41) is 13.8. The molecular formula is C5H14Cl2N2O2. The zero-order valence-corrected chi connectivity index (χ0v) is 8.09. The monoisotopic (exact) mass is 204 g/mol. The van der Waals surface area contributed by atoms with Crippen molar-refractivity contribution < 1.29 is 9.90 Å². The van der Waals surface area contributed by atoms with Gasteiger partial charge < -0.3 is 15.7 Å². The second-order valence-corrected chi connectivity index (χ2v) is 1.74. The van der Waals surface area contributed by atoms with E-state index in [0.717, 1.165) is 0 Å². The molecule has 70 valence electrons. The lowest BCUT2D eigenvalue weighted by Crippen LogP contribution is -2.41. The van der Waals surface area contributed by atoms with Crippen molar-refractivity contribution in [1.82, 2.24) is 10.6 Å². The predicted octanol–water partition coefficient (Wildman–Crippen LogP) is -0.278. The molecule has 0 bridgehead atoms. The number of hydrogen-bond acceptors (Lipinski definition) is 3. The second-order valence-electron chi connectivity index (χ2n) is 1.74. The van der Waals surface area contributed by atoms with Crippen LogP contribution in [0, 0.1) is 0 Å². The van der Waals surface area contributed by atoms with E-state index in [9.17, 15) is 4.79 Å². The topological polar surface area (TPSA) is 61.4 Å². The lowest BCUT2D eigenvalue weighted by molar-refractivity contribution is -0.139. The van der Waals surface area contributed by atoms with Gasteiger partial charge in [-0.25, -0.2) is 0 Å². The smallest absolute Gasteiger partial charge is 0.322 e. The van der Waals surface area contributed by atoms with Crippen LogP contribution in [-0.4, -0.2) is 37.8 Å². The molecule has 0 aromatic heterocycles. The average Bonchev–Trinajstić information content (AvgIpc) is 1.82. The molecule has 0 rings (SSSR count). The van der Waals surface area contributed by atoms with Crippen LogP contribution in [0.1, 0.15) is 0 Å². The van der Waals surface area contributed by atoms with Crippen molar-refractivity contribution in [2.45, 2.75) is 6.04 Å². The van der Waals surface area contributed by atoms with Crippen LogP contribution in [-0.2, 0) is 4.79 Å². The van der Waals surface area contributed by atoms with Gasteiger partial charge in [-0.05, 0) is 14.1 Å². The van der Waals surface area contributed by atoms with Gasteiger partial charge >= 0.3 is 5.97 Å². The molecule has 1 unspecified atom stereocenters. The van der Waals surface area contributed by atoms with Crippen LogP contribution in [0.4, 0.5) is 0 Å². The first kappa shape index (κ1) is 17.2. The highest BCUT2D eigenvalue weighted by molar-refractivity contribution is 5.85. The van der Waals surface area contributed by atoms with E-state index < -0.39 is 12.0 Å². The Morgan fingerprint density at radius 1 is 1.45 bits per heavy atom. The second kappa shape index (κ2) is 9.97. The van der Waals surface area contributed by atoms with E-state index in [2.05, 4.69) is 10.6 Å². The standard InChI is InChI=1S/C5H12N2O2.2ClH/c1-6-3-4(7-2)5(8)9;;/h4,6-7H,3H2,1-2H3,(H,8,9);2*1H. The minimum absolute atomic E-state index is 0. The molecule has 0 aliphatic rings. The molecule has 4 nitrogen and oxygen atoms in total. The molecule has 0 fully saturated rings. The zero-order chi connectivity index (χ0) is 7.28. The maximum atomic E-state index is 10.2. The van der Waals surface area contributed by atoms with Crippen molar-refractivity contribution in [2.24, 2.45) is 0 Å². The number of hydrogen-bond donors (Lipinski definition) is 3. The van der Waals surface area contributed by atoms with Gasteiger partial charge in [-0.3, -0.25) is 4.79 Å². The summed E-state index contributed by atoms with van der Waals surface area (Å²) in [4.78, 5) is 10.2. The predicted molar refractivity (Wildman–Crippen MR) is 48.9 cm³/mol. The van der Waals surface area contributed by atoms with Crippen molar-refractivity contribution in [2.75, 3.05) is 20.6 Å². The normalized spacial score (nSPS) is 10.7. The molecule has 0 aliphatic heterocycles. The Kier molecular flexibility index (Phi) is 15.6. The Balaban J connectivity index is -0.000000320. The molecule has 3 N–H and O–H groups in total. The summed E-state index contributed by atoms with van der Waals surface area (Å²) in [5.74, 6) is -0.827. The number of nitrogens with one attached hydrogen (secondary N) is 2. The molecule has 0 heterocycles. The Morgan fingerprint density at radius 2 is 1.91 bits per heavy atom. The molecule has 0 radical (unpaired) electrons. The highest BCUT2D eigenvalue weighted by Gasteiger charge is 2.11. The summed E-state index contributed by atoms with van der Waals surface area (Å²) in [6.07, 6.45) is 0. The van der Waals surface area contributed by atoms with Crippen LogP contribution in [0.5, 0.6) is 0 Å². The van der Waals surface area contributed by atoms with Crippen molar-refractivity contribution in [3.8, 4) is 0 Å². The van der Waals surface area contributed by atoms with Gasteiger partial charge in [0, 0.05) is 6.54 Å². The summed E-state index contributed by atoms with van der Waals surface area (Å²) in [6, 6.07) is -0.477. The van der Waals surface area contributed by atoms with Gasteiger partial charge in [0.05, 0.1) is 0 Å². The third kappa shape index (κ3) is 7.87. The highest BCUT2D eigenvalue weighted by Crippen LogP contribution is 1.77. The Bertz CT molecular complexity index is 102. The van der Waals surface area contributed by atoms with E-state index in [1.807, 2.05) is 0 Å². The molecule has 0 spiro atoms. The average molecular weight is 205 g/mol. The lowest BCUT2D eigenvalue weighted by Gasteiger charge is -2.08. The summed E-state index contributed by atoms with van der Waals surface area (Å²) < 4.78 is 0. The van der Waals surface area contributed by atoms with Crippen molar-refractivity contribution in [3.05, 3.63) is 0 Å². The van der Waals surface area contributed by atoms with Crippen LogP contribution >= 0.6 is 24.8 Å². The number of likely N-dealkylation sites (N-methyl/N-ethyl adjacent to an activating group) is 2. The van der Waals surface area contributed by atoms with E-state index in [1.165, 1.54) is 0 Å². The fraction of sp³-hybridized carbons (Fsp3) is 0.800. The number of halogens is 2. The summed E-state index contributed by atoms with van der Waals surface area (Å²) >= 11 is 0. The fourth-order valence-corrected chi connectivity index (χ4v) is 0.517. The van der Waals surface area contributed by atoms with Gasteiger partial charge in [0.2, 0.25) is 0 Å². The third-order valence-corrected chi connectivity index (χ3v) is 1.05. The number of carbonyl (C=O) groups is 1. The van der Waals surface area contributed by atoms with E-state index in [0.29, 0.717) is 6.54 Å². The fourth-order valence-electron chi connectivity index (χ4n) is 0.517. The summed E-state index contributed by atoms with van der Waals surface area (Å²) in [5.41, 5.74) is 0. The molecule has 0 aliphatic carbocycles. The molecule has 11 heavy (non-hydrogen) atoms. The first-order valence-corrected chi connectivity index (χ1v) is 2.77. The maximum Gasteiger partial charge on any atom is 0.322 e. The van der Waals surface area contributed by atoms with Crippen LogP contribution < -0.4 is 10.6 Å². The quantitative estimate of drug-likeness (QED) is 0.590. The summed E-state index contributed by atoms with van der Waals surface area (Å²) in [7, 11) is 3.34. The van der Waals surface area contributed by atoms with Crippen LogP contribution in [0.2, 0.25) is 0 Å². The SMILES string of the molecule is CNCC(NC)C(=O)O.Cl.Cl. The minimum atomic E-state index is -0.827. The van der Waals surface area contributed by atoms with Crippen LogP contribution in [0.25, 0.3) is 0 Å². The van der Waals surface area contributed by atoms with E-state index in [-0.39, 0.29) is 24.8 Å². The molecule has 1 atom stereocenters. The molecule has 0 saturated heterocycles. The first-order chi connectivity index (χ1) is 4.22. The molecule has 0 aromatic rings. The number of rotatable bonds is 4. The molecular weight excluding hydrogens is 191 g/mol. The lowest BCUT2D eigenvalue weighted by atomic mass is 10.3. The highest BCUT2D eigenvalue weighted by atomic mass is 35.5. The van der Waals surface area contributed by atoms with Gasteiger partial charge in [-0.15, -0.1) is 24.8 Å². The Morgan fingerprint density at radius 3 is 2.00 bits per heavy atom. The van der Waals surface area contributed by atoms with E-state index >= 15 is 0 Å². The number of carboxylic acid groups (broad SMARTS) is 1. The first-order valence-electron chi connectivity index (χ1n) is 2.77. The van der Waals surface area contributed by atoms with E-state index in [4.69, 9.17) is 5.11 Å². The Labute approximate surface area is 78.6 Å². The molecule has 6 heteroatoms. The van der Waals surface area contributed by atoms with Crippen molar-refractivity contribution in [3.63, 3.8) is 0 Å². The molecule has 0 amide bonds. The maximum absolute atomic E-state index is 10.2. The molecule has 0 saturated carbocycles. The summed E-state index contributed by atoms with van der Waals surface area (Å²) in [6.45, 7) is 0.450. The number of carboxylic acids is 1.